The molecule has 0 spiro atoms. The van der Waals surface area contributed by atoms with Crippen LogP contribution in [0, 0.1) is 0 Å². The maximum atomic E-state index is 4.08. The van der Waals surface area contributed by atoms with Crippen molar-refractivity contribution in [3.63, 3.8) is 0 Å². The van der Waals surface area contributed by atoms with Gasteiger partial charge in [0.15, 0.2) is 0 Å². The Balaban J connectivity index is 1.02. The van der Waals surface area contributed by atoms with Crippen LogP contribution in [0.3, 0.4) is 0 Å². The maximum absolute atomic E-state index is 4.08. The van der Waals surface area contributed by atoms with Crippen molar-refractivity contribution in [2.75, 3.05) is 0 Å². The van der Waals surface area contributed by atoms with Crippen LogP contribution in [0.4, 0.5) is 0 Å². The smallest absolute Gasteiger partial charge is 0.104 e. The molecule has 4 N–H and O–H groups in total. The Morgan fingerprint density at radius 2 is 1.09 bits per heavy atom. The van der Waals surface area contributed by atoms with E-state index >= 15 is 0 Å². The van der Waals surface area contributed by atoms with Gasteiger partial charge in [0.2, 0.25) is 0 Å². The van der Waals surface area contributed by atoms with Gasteiger partial charge >= 0.3 is 0 Å². The van der Waals surface area contributed by atoms with Crippen molar-refractivity contribution in [1.29, 1.82) is 0 Å². The second-order valence-electron chi connectivity index (χ2n) is 14.6. The summed E-state index contributed by atoms with van der Waals surface area (Å²) in [7, 11) is 0. The summed E-state index contributed by atoms with van der Waals surface area (Å²) >= 11 is 0. The third-order valence-corrected chi connectivity index (χ3v) is 11.5. The monoisotopic (exact) mass is 700 g/mol. The fraction of sp³-hybridized carbons (Fsp3) is 0.125. The standard InChI is InChI=1S/C48H40N6/c1-3-16-32(17-4-1)46-50-47(37-24-13-18-31-15-7-8-21-34(31)37)52-48(51-46)40-25-14-28-45(49-40)54-42-27-12-10-23-36(42)39-29-38-35-22-9-11-26-41(35)53(43(38)30-44(39)54)33-19-5-2-6-20-33/h1-13,15-27,29-30,45-52H,14,28H2. The molecule has 2 aromatic heterocycles. The van der Waals surface area contributed by atoms with Gasteiger partial charge in [-0.15, -0.1) is 0 Å². The lowest BCUT2D eigenvalue weighted by Crippen LogP contribution is -2.61. The minimum Gasteiger partial charge on any atom is -0.366 e. The molecule has 11 rings (SSSR count). The fourth-order valence-electron chi connectivity index (χ4n) is 9.11. The zero-order valence-electron chi connectivity index (χ0n) is 29.8. The average Bonchev–Trinajstić information content (AvgIpc) is 3.75. The Kier molecular flexibility index (Phi) is 7.40. The molecule has 0 saturated carbocycles. The Morgan fingerprint density at radius 3 is 1.93 bits per heavy atom. The summed E-state index contributed by atoms with van der Waals surface area (Å²) in [5, 5.41) is 23.5. The molecule has 0 aliphatic carbocycles. The first-order chi connectivity index (χ1) is 26.8. The normalized spacial score (nSPS) is 20.5. The lowest BCUT2D eigenvalue weighted by molar-refractivity contribution is 0.209. The van der Waals surface area contributed by atoms with Crippen LogP contribution in [0.5, 0.6) is 0 Å². The van der Waals surface area contributed by atoms with Crippen molar-refractivity contribution in [3.05, 3.63) is 187 Å². The summed E-state index contributed by atoms with van der Waals surface area (Å²) in [6, 6.07) is 59.3. The van der Waals surface area contributed by atoms with E-state index in [1.54, 1.807) is 0 Å². The molecule has 0 bridgehead atoms. The Morgan fingerprint density at radius 1 is 0.463 bits per heavy atom. The molecule has 262 valence electrons. The highest BCUT2D eigenvalue weighted by Gasteiger charge is 2.33. The third-order valence-electron chi connectivity index (χ3n) is 11.5. The van der Waals surface area contributed by atoms with Crippen molar-refractivity contribution in [3.8, 4) is 5.69 Å². The molecule has 2 aliphatic rings. The van der Waals surface area contributed by atoms with E-state index in [1.807, 2.05) is 0 Å². The number of rotatable bonds is 5. The lowest BCUT2D eigenvalue weighted by atomic mass is 9.99. The van der Waals surface area contributed by atoms with Crippen LogP contribution < -0.4 is 21.3 Å². The van der Waals surface area contributed by atoms with Gasteiger partial charge in [-0.3, -0.25) is 16.0 Å². The van der Waals surface area contributed by atoms with Crippen molar-refractivity contribution in [2.45, 2.75) is 37.5 Å². The summed E-state index contributed by atoms with van der Waals surface area (Å²) in [6.45, 7) is 0. The van der Waals surface area contributed by atoms with E-state index in [0.717, 1.165) is 12.8 Å². The molecule has 2 aliphatic heterocycles. The molecule has 4 atom stereocenters. The van der Waals surface area contributed by atoms with Crippen LogP contribution >= 0.6 is 0 Å². The second kappa shape index (κ2) is 12.7. The number of hydrogen-bond acceptors (Lipinski definition) is 4. The number of allylic oxidation sites excluding steroid dienone is 1. The second-order valence-corrected chi connectivity index (χ2v) is 14.6. The van der Waals surface area contributed by atoms with Crippen molar-refractivity contribution >= 4 is 54.4 Å². The Bertz CT molecular complexity index is 2860. The maximum Gasteiger partial charge on any atom is 0.104 e. The number of nitrogens with one attached hydrogen (secondary N) is 4. The molecule has 0 radical (unpaired) electrons. The first kappa shape index (κ1) is 31.4. The molecule has 1 fully saturated rings. The number of benzene rings is 7. The largest absolute Gasteiger partial charge is 0.366 e. The summed E-state index contributed by atoms with van der Waals surface area (Å²) in [5.74, 6) is 0. The van der Waals surface area contributed by atoms with Crippen LogP contribution in [0.25, 0.3) is 60.1 Å². The molecule has 6 nitrogen and oxygen atoms in total. The van der Waals surface area contributed by atoms with Gasteiger partial charge in [-0.2, -0.15) is 0 Å². The van der Waals surface area contributed by atoms with E-state index < -0.39 is 0 Å². The average molecular weight is 701 g/mol. The van der Waals surface area contributed by atoms with Crippen molar-refractivity contribution < 1.29 is 0 Å². The van der Waals surface area contributed by atoms with Crippen LogP contribution in [0.1, 0.15) is 42.5 Å². The van der Waals surface area contributed by atoms with Crippen LogP contribution in [0.15, 0.2) is 176 Å². The van der Waals surface area contributed by atoms with E-state index in [0.29, 0.717) is 0 Å². The summed E-state index contributed by atoms with van der Waals surface area (Å²) in [6.07, 6.45) is 4.16. The topological polar surface area (TPSA) is 58.0 Å². The van der Waals surface area contributed by atoms with Gasteiger partial charge in [-0.1, -0.05) is 133 Å². The third kappa shape index (κ3) is 5.06. The number of hydrogen-bond donors (Lipinski definition) is 4. The lowest BCUT2D eigenvalue weighted by Gasteiger charge is -2.42. The van der Waals surface area contributed by atoms with Crippen molar-refractivity contribution in [1.82, 2.24) is 30.4 Å². The highest BCUT2D eigenvalue weighted by atomic mass is 15.4. The zero-order chi connectivity index (χ0) is 35.6. The molecular weight excluding hydrogens is 661 g/mol. The van der Waals surface area contributed by atoms with Crippen molar-refractivity contribution in [2.24, 2.45) is 0 Å². The van der Waals surface area contributed by atoms with E-state index in [1.165, 1.54) is 76.9 Å². The molecule has 54 heavy (non-hydrogen) atoms. The summed E-state index contributed by atoms with van der Waals surface area (Å²) in [4.78, 5) is 0. The first-order valence-electron chi connectivity index (χ1n) is 19.1. The van der Waals surface area contributed by atoms with Gasteiger partial charge in [-0.25, -0.2) is 0 Å². The quantitative estimate of drug-likeness (QED) is 0.144. The molecule has 0 amide bonds. The minimum absolute atomic E-state index is 0.0501. The Labute approximate surface area is 313 Å². The molecule has 4 heterocycles. The van der Waals surface area contributed by atoms with Gasteiger partial charge in [0.1, 0.15) is 12.3 Å². The van der Waals surface area contributed by atoms with Gasteiger partial charge in [-0.05, 0) is 71.1 Å². The molecule has 6 heteroatoms. The SMILES string of the molecule is C1=C(C2NC(c3ccccc3)NC(c3cccc4ccccc34)N2)NC(n2c3ccccc3c3cc4c5ccccc5n(-c5ccccc5)c4cc32)CC1. The van der Waals surface area contributed by atoms with Crippen LogP contribution in [-0.2, 0) is 0 Å². The molecule has 1 saturated heterocycles. The molecule has 9 aromatic rings. The molecule has 4 unspecified atom stereocenters. The van der Waals surface area contributed by atoms with E-state index in [2.05, 4.69) is 200 Å². The van der Waals surface area contributed by atoms with Gasteiger partial charge in [0.05, 0.1) is 34.4 Å². The molecule has 7 aromatic carbocycles. The zero-order valence-corrected chi connectivity index (χ0v) is 29.8. The van der Waals surface area contributed by atoms with Gasteiger partial charge < -0.3 is 14.5 Å². The number of para-hydroxylation sites is 3. The van der Waals surface area contributed by atoms with Crippen LogP contribution in [0.2, 0.25) is 0 Å². The minimum atomic E-state index is -0.108. The first-order valence-corrected chi connectivity index (χ1v) is 19.1. The Hall–Kier alpha value is -6.18. The molecular formula is C48H40N6. The summed E-state index contributed by atoms with van der Waals surface area (Å²) in [5.41, 5.74) is 9.72. The highest BCUT2D eigenvalue weighted by molar-refractivity contribution is 6.18. The van der Waals surface area contributed by atoms with Crippen LogP contribution in [-0.4, -0.2) is 15.3 Å². The van der Waals surface area contributed by atoms with Gasteiger partial charge in [0.25, 0.3) is 0 Å². The predicted molar refractivity (Wildman–Crippen MR) is 222 cm³/mol. The van der Waals surface area contributed by atoms with E-state index in [-0.39, 0.29) is 24.7 Å². The van der Waals surface area contributed by atoms with E-state index in [9.17, 15) is 0 Å². The highest BCUT2D eigenvalue weighted by Crippen LogP contribution is 2.40. The predicted octanol–water partition coefficient (Wildman–Crippen LogP) is 10.3. The number of aromatic nitrogens is 2. The number of fused-ring (bicyclic) bond motifs is 7. The summed E-state index contributed by atoms with van der Waals surface area (Å²) < 4.78 is 4.98. The fourth-order valence-corrected chi connectivity index (χ4v) is 9.11. The number of nitrogens with zero attached hydrogens (tertiary/aromatic N) is 2. The van der Waals surface area contributed by atoms with Gasteiger partial charge in [0, 0.05) is 32.9 Å². The van der Waals surface area contributed by atoms with E-state index in [4.69, 9.17) is 0 Å².